The number of carboxylic acid groups (broad SMARTS) is 1. The summed E-state index contributed by atoms with van der Waals surface area (Å²) in [7, 11) is 0. The molecule has 1 atom stereocenters. The number of benzene rings is 1. The summed E-state index contributed by atoms with van der Waals surface area (Å²) in [5.74, 6) is -1.39. The molecular weight excluding hydrogens is 335 g/mol. The largest absolute Gasteiger partial charge is 0.573 e. The molecule has 23 heavy (non-hydrogen) atoms. The van der Waals surface area contributed by atoms with Gasteiger partial charge in [0.1, 0.15) is 5.75 Å². The molecule has 1 aromatic carbocycles. The van der Waals surface area contributed by atoms with Crippen LogP contribution in [0.25, 0.3) is 0 Å². The second kappa shape index (κ2) is 7.40. The average molecular weight is 354 g/mol. The first kappa shape index (κ1) is 19.6. The summed E-state index contributed by atoms with van der Waals surface area (Å²) in [5, 5.41) is 12.8. The van der Waals surface area contributed by atoms with Gasteiger partial charge in [0.15, 0.2) is 0 Å². The fourth-order valence-electron chi connectivity index (χ4n) is 2.94. The molecule has 0 amide bonds. The number of piperidine rings is 1. The number of nitrogens with one attached hydrogen (secondary N) is 1. The van der Waals surface area contributed by atoms with E-state index in [1.807, 2.05) is 0 Å². The first-order valence-corrected chi connectivity index (χ1v) is 7.04. The molecule has 2 rings (SSSR count). The molecule has 8 heteroatoms. The third-order valence-corrected chi connectivity index (χ3v) is 4.29. The van der Waals surface area contributed by atoms with Gasteiger partial charge in [-0.15, -0.1) is 25.6 Å². The Balaban J connectivity index is 0.00000264. The summed E-state index contributed by atoms with van der Waals surface area (Å²) in [6.07, 6.45) is -3.33. The fourth-order valence-corrected chi connectivity index (χ4v) is 2.94. The van der Waals surface area contributed by atoms with E-state index in [0.717, 1.165) is 25.2 Å². The first-order valence-electron chi connectivity index (χ1n) is 7.04. The van der Waals surface area contributed by atoms with Crippen molar-refractivity contribution in [2.45, 2.75) is 31.5 Å². The summed E-state index contributed by atoms with van der Waals surface area (Å²) < 4.78 is 40.3. The van der Waals surface area contributed by atoms with E-state index in [2.05, 4.69) is 10.1 Å². The van der Waals surface area contributed by atoms with Gasteiger partial charge in [-0.1, -0.05) is 12.1 Å². The Morgan fingerprint density at radius 1 is 1.22 bits per heavy atom. The molecule has 1 heterocycles. The zero-order chi connectivity index (χ0) is 16.4. The Labute approximate surface area is 138 Å². The predicted octanol–water partition coefficient (Wildman–Crippen LogP) is 3.35. The smallest absolute Gasteiger partial charge is 0.481 e. The fraction of sp³-hybridized carbons (Fsp3) is 0.533. The Bertz CT molecular complexity index is 530. The van der Waals surface area contributed by atoms with Gasteiger partial charge < -0.3 is 15.2 Å². The van der Waals surface area contributed by atoms with Crippen molar-refractivity contribution >= 4 is 18.4 Å². The van der Waals surface area contributed by atoms with Crippen molar-refractivity contribution in [1.29, 1.82) is 0 Å². The molecule has 2 N–H and O–H groups in total. The number of halogens is 4. The number of aliphatic carboxylic acids is 1. The molecule has 4 nitrogen and oxygen atoms in total. The van der Waals surface area contributed by atoms with Gasteiger partial charge in [-0.05, 0) is 56.5 Å². The molecule has 1 aliphatic heterocycles. The van der Waals surface area contributed by atoms with Crippen molar-refractivity contribution < 1.29 is 27.8 Å². The minimum absolute atomic E-state index is 0. The number of hydrogen-bond donors (Lipinski definition) is 2. The molecule has 1 unspecified atom stereocenters. The minimum atomic E-state index is -4.76. The van der Waals surface area contributed by atoms with Gasteiger partial charge in [-0.3, -0.25) is 4.79 Å². The Hall–Kier alpha value is -1.47. The van der Waals surface area contributed by atoms with Crippen molar-refractivity contribution in [3.63, 3.8) is 0 Å². The van der Waals surface area contributed by atoms with Crippen LogP contribution in [0.1, 0.15) is 25.3 Å². The standard InChI is InChI=1S/C15H18F3NO3.ClH/c1-14(13(20)21,11-6-8-19-9-7-11)10-2-4-12(5-3-10)22-15(16,17)18;/h2-5,11,19H,6-9H2,1H3,(H,20,21);1H. The summed E-state index contributed by atoms with van der Waals surface area (Å²) in [4.78, 5) is 11.8. The van der Waals surface area contributed by atoms with Crippen LogP contribution in [0, 0.1) is 5.92 Å². The summed E-state index contributed by atoms with van der Waals surface area (Å²) in [5.41, 5.74) is -0.639. The van der Waals surface area contributed by atoms with Crippen LogP contribution in [0.2, 0.25) is 0 Å². The second-order valence-electron chi connectivity index (χ2n) is 5.60. The molecule has 0 aliphatic carbocycles. The highest BCUT2D eigenvalue weighted by Gasteiger charge is 2.43. The van der Waals surface area contributed by atoms with Gasteiger partial charge in [0.25, 0.3) is 0 Å². The normalized spacial score (nSPS) is 18.6. The van der Waals surface area contributed by atoms with Gasteiger partial charge in [-0.25, -0.2) is 0 Å². The molecule has 1 aliphatic rings. The first-order chi connectivity index (χ1) is 10.2. The van der Waals surface area contributed by atoms with E-state index >= 15 is 0 Å². The molecule has 0 aromatic heterocycles. The van der Waals surface area contributed by atoms with Gasteiger partial charge in [0.2, 0.25) is 0 Å². The van der Waals surface area contributed by atoms with Crippen molar-refractivity contribution in [2.24, 2.45) is 5.92 Å². The van der Waals surface area contributed by atoms with E-state index < -0.39 is 17.7 Å². The van der Waals surface area contributed by atoms with Crippen LogP contribution in [-0.2, 0) is 10.2 Å². The molecule has 0 saturated carbocycles. The Kier molecular flexibility index (Phi) is 6.30. The van der Waals surface area contributed by atoms with Gasteiger partial charge in [0.05, 0.1) is 5.41 Å². The maximum absolute atomic E-state index is 12.2. The van der Waals surface area contributed by atoms with E-state index in [9.17, 15) is 23.1 Å². The second-order valence-corrected chi connectivity index (χ2v) is 5.60. The van der Waals surface area contributed by atoms with Gasteiger partial charge in [-0.2, -0.15) is 0 Å². The topological polar surface area (TPSA) is 58.6 Å². The van der Waals surface area contributed by atoms with Crippen molar-refractivity contribution in [3.05, 3.63) is 29.8 Å². The predicted molar refractivity (Wildman–Crippen MR) is 81.0 cm³/mol. The number of rotatable bonds is 4. The van der Waals surface area contributed by atoms with Crippen LogP contribution in [-0.4, -0.2) is 30.5 Å². The van der Waals surface area contributed by atoms with E-state index in [1.165, 1.54) is 12.1 Å². The van der Waals surface area contributed by atoms with Gasteiger partial charge in [0, 0.05) is 0 Å². The Morgan fingerprint density at radius 2 is 1.74 bits per heavy atom. The quantitative estimate of drug-likeness (QED) is 0.871. The molecule has 0 radical (unpaired) electrons. The average Bonchev–Trinajstić information content (AvgIpc) is 2.46. The van der Waals surface area contributed by atoms with Crippen LogP contribution in [0.4, 0.5) is 13.2 Å². The SMILES string of the molecule is CC(C(=O)O)(c1ccc(OC(F)(F)F)cc1)C1CCNCC1.Cl. The van der Waals surface area contributed by atoms with Crippen LogP contribution in [0.5, 0.6) is 5.75 Å². The minimum Gasteiger partial charge on any atom is -0.481 e. The van der Waals surface area contributed by atoms with Crippen LogP contribution >= 0.6 is 12.4 Å². The maximum Gasteiger partial charge on any atom is 0.573 e. The lowest BCUT2D eigenvalue weighted by Crippen LogP contribution is -2.45. The lowest BCUT2D eigenvalue weighted by atomic mass is 9.68. The number of alkyl halides is 3. The van der Waals surface area contributed by atoms with E-state index in [1.54, 1.807) is 6.92 Å². The van der Waals surface area contributed by atoms with Crippen molar-refractivity contribution in [2.75, 3.05) is 13.1 Å². The monoisotopic (exact) mass is 353 g/mol. The molecule has 1 saturated heterocycles. The van der Waals surface area contributed by atoms with E-state index in [0.29, 0.717) is 18.4 Å². The highest BCUT2D eigenvalue weighted by Crippen LogP contribution is 2.38. The zero-order valence-corrected chi connectivity index (χ0v) is 13.3. The third kappa shape index (κ3) is 4.51. The highest BCUT2D eigenvalue weighted by atomic mass is 35.5. The lowest BCUT2D eigenvalue weighted by molar-refractivity contribution is -0.274. The number of carbonyl (C=O) groups is 1. The zero-order valence-electron chi connectivity index (χ0n) is 12.5. The van der Waals surface area contributed by atoms with Crippen LogP contribution < -0.4 is 10.1 Å². The summed E-state index contributed by atoms with van der Waals surface area (Å²) in [6.45, 7) is 3.11. The molecule has 0 spiro atoms. The lowest BCUT2D eigenvalue weighted by Gasteiger charge is -2.37. The maximum atomic E-state index is 12.2. The molecule has 130 valence electrons. The summed E-state index contributed by atoms with van der Waals surface area (Å²) >= 11 is 0. The van der Waals surface area contributed by atoms with Crippen LogP contribution in [0.3, 0.4) is 0 Å². The number of ether oxygens (including phenoxy) is 1. The molecule has 1 aromatic rings. The highest BCUT2D eigenvalue weighted by molar-refractivity contribution is 5.85. The summed E-state index contributed by atoms with van der Waals surface area (Å²) in [6, 6.07) is 5.12. The number of carboxylic acids is 1. The van der Waals surface area contributed by atoms with E-state index in [4.69, 9.17) is 0 Å². The van der Waals surface area contributed by atoms with Gasteiger partial charge >= 0.3 is 12.3 Å². The molecular formula is C15H19ClF3NO3. The number of hydrogen-bond acceptors (Lipinski definition) is 3. The Morgan fingerprint density at radius 3 is 2.17 bits per heavy atom. The molecule has 0 bridgehead atoms. The van der Waals surface area contributed by atoms with Crippen molar-refractivity contribution in [1.82, 2.24) is 5.32 Å². The van der Waals surface area contributed by atoms with E-state index in [-0.39, 0.29) is 24.1 Å². The van der Waals surface area contributed by atoms with Crippen molar-refractivity contribution in [3.8, 4) is 5.75 Å². The third-order valence-electron chi connectivity index (χ3n) is 4.29. The van der Waals surface area contributed by atoms with Crippen LogP contribution in [0.15, 0.2) is 24.3 Å². The molecule has 1 fully saturated rings.